The van der Waals surface area contributed by atoms with Crippen LogP contribution in [0, 0.1) is 0 Å². The summed E-state index contributed by atoms with van der Waals surface area (Å²) in [6.07, 6.45) is 3.44. The summed E-state index contributed by atoms with van der Waals surface area (Å²) in [5.41, 5.74) is 0.539. The summed E-state index contributed by atoms with van der Waals surface area (Å²) in [4.78, 5) is 11.5. The van der Waals surface area contributed by atoms with E-state index >= 15 is 0 Å². The first-order valence-corrected chi connectivity index (χ1v) is 5.18. The number of ether oxygens (including phenoxy) is 1. The molecule has 1 aromatic rings. The van der Waals surface area contributed by atoms with E-state index in [1.54, 1.807) is 13.2 Å². The van der Waals surface area contributed by atoms with Gasteiger partial charge in [-0.1, -0.05) is 0 Å². The molecule has 13 heavy (non-hydrogen) atoms. The van der Waals surface area contributed by atoms with Crippen molar-refractivity contribution in [3.8, 4) is 5.75 Å². The lowest BCUT2D eigenvalue weighted by Gasteiger charge is -2.02. The van der Waals surface area contributed by atoms with Gasteiger partial charge in [0, 0.05) is 7.05 Å². The number of hydrogen-bond acceptors (Lipinski definition) is 4. The summed E-state index contributed by atoms with van der Waals surface area (Å²) in [7, 11) is 3.27. The van der Waals surface area contributed by atoms with E-state index in [0.29, 0.717) is 17.2 Å². The Morgan fingerprint density at radius 3 is 3.00 bits per heavy atom. The molecule has 0 spiro atoms. The van der Waals surface area contributed by atoms with Crippen LogP contribution in [-0.4, -0.2) is 34.7 Å². The third-order valence-electron chi connectivity index (χ3n) is 1.66. The van der Waals surface area contributed by atoms with Crippen LogP contribution in [0.25, 0.3) is 0 Å². The summed E-state index contributed by atoms with van der Waals surface area (Å²) in [5.74, 6) is 1.04. The number of nitrogens with zero attached hydrogens (tertiary/aromatic N) is 2. The second-order valence-electron chi connectivity index (χ2n) is 2.54. The molecule has 0 radical (unpaired) electrons. The van der Waals surface area contributed by atoms with Crippen LogP contribution < -0.4 is 4.74 Å². The number of thioether (sulfide) groups is 1. The number of aromatic nitrogens is 2. The largest absolute Gasteiger partial charge is 0.493 e. The fraction of sp³-hybridized carbons (Fsp3) is 0.500. The molecule has 0 amide bonds. The molecule has 0 bridgehead atoms. The fourth-order valence-corrected chi connectivity index (χ4v) is 1.48. The van der Waals surface area contributed by atoms with Crippen molar-refractivity contribution in [3.05, 3.63) is 11.9 Å². The number of carbonyl (C=O) groups is 1. The normalized spacial score (nSPS) is 10.1. The molecule has 0 aliphatic carbocycles. The number of rotatable bonds is 4. The first-order valence-electron chi connectivity index (χ1n) is 3.78. The van der Waals surface area contributed by atoms with Crippen molar-refractivity contribution in [3.63, 3.8) is 0 Å². The zero-order valence-electron chi connectivity index (χ0n) is 7.90. The molecule has 1 heterocycles. The third-order valence-corrected chi connectivity index (χ3v) is 2.22. The molecule has 0 N–H and O–H groups in total. The minimum atomic E-state index is 0.0457. The van der Waals surface area contributed by atoms with Gasteiger partial charge >= 0.3 is 0 Å². The highest BCUT2D eigenvalue weighted by molar-refractivity contribution is 7.99. The fourth-order valence-electron chi connectivity index (χ4n) is 1.08. The topological polar surface area (TPSA) is 44.1 Å². The highest BCUT2D eigenvalue weighted by atomic mass is 32.2. The lowest BCUT2D eigenvalue weighted by Crippen LogP contribution is -2.10. The van der Waals surface area contributed by atoms with Crippen molar-refractivity contribution in [2.75, 3.05) is 19.1 Å². The molecule has 72 valence electrons. The molecule has 0 aromatic carbocycles. The molecule has 5 heteroatoms. The number of aryl methyl sites for hydroxylation is 1. The number of hydrogen-bond donors (Lipinski definition) is 0. The van der Waals surface area contributed by atoms with Gasteiger partial charge in [0.25, 0.3) is 0 Å². The van der Waals surface area contributed by atoms with Crippen LogP contribution in [0.4, 0.5) is 0 Å². The number of methoxy groups -OCH3 is 1. The zero-order chi connectivity index (χ0) is 9.84. The summed E-state index contributed by atoms with van der Waals surface area (Å²) in [6.45, 7) is 0. The first-order chi connectivity index (χ1) is 6.20. The standard InChI is InChI=1S/C8H12N2O2S/c1-10-8(6(11)5-13-3)7(12-2)4-9-10/h4H,5H2,1-3H3. The first kappa shape index (κ1) is 10.1. The quantitative estimate of drug-likeness (QED) is 0.679. The van der Waals surface area contributed by atoms with E-state index in [2.05, 4.69) is 5.10 Å². The summed E-state index contributed by atoms with van der Waals surface area (Å²) >= 11 is 1.49. The Morgan fingerprint density at radius 1 is 1.77 bits per heavy atom. The average molecular weight is 200 g/mol. The highest BCUT2D eigenvalue weighted by Gasteiger charge is 2.16. The average Bonchev–Trinajstić information content (AvgIpc) is 2.47. The Hall–Kier alpha value is -0.970. The van der Waals surface area contributed by atoms with E-state index in [0.717, 1.165) is 0 Å². The lowest BCUT2D eigenvalue weighted by molar-refractivity contribution is 0.101. The molecule has 0 fully saturated rings. The molecule has 1 aromatic heterocycles. The molecule has 0 aliphatic rings. The molecule has 0 saturated heterocycles. The van der Waals surface area contributed by atoms with Gasteiger partial charge in [-0.3, -0.25) is 9.48 Å². The Morgan fingerprint density at radius 2 is 2.46 bits per heavy atom. The van der Waals surface area contributed by atoms with Crippen molar-refractivity contribution < 1.29 is 9.53 Å². The Kier molecular flexibility index (Phi) is 3.36. The van der Waals surface area contributed by atoms with E-state index in [4.69, 9.17) is 4.74 Å². The van der Waals surface area contributed by atoms with E-state index in [9.17, 15) is 4.79 Å². The van der Waals surface area contributed by atoms with Gasteiger partial charge in [-0.05, 0) is 6.26 Å². The number of ketones is 1. The minimum absolute atomic E-state index is 0.0457. The molecule has 4 nitrogen and oxygen atoms in total. The smallest absolute Gasteiger partial charge is 0.194 e. The van der Waals surface area contributed by atoms with Gasteiger partial charge in [-0.25, -0.2) is 0 Å². The number of Topliss-reactive ketones (excluding diaryl/α,β-unsaturated/α-hetero) is 1. The zero-order valence-corrected chi connectivity index (χ0v) is 8.72. The molecule has 0 unspecified atom stereocenters. The van der Waals surface area contributed by atoms with E-state index in [1.807, 2.05) is 6.26 Å². The van der Waals surface area contributed by atoms with Gasteiger partial charge in [0.2, 0.25) is 0 Å². The summed E-state index contributed by atoms with van der Waals surface area (Å²) in [6, 6.07) is 0. The van der Waals surface area contributed by atoms with Gasteiger partial charge in [0.15, 0.2) is 11.5 Å². The van der Waals surface area contributed by atoms with Gasteiger partial charge < -0.3 is 4.74 Å². The highest BCUT2D eigenvalue weighted by Crippen LogP contribution is 2.17. The second kappa shape index (κ2) is 4.32. The van der Waals surface area contributed by atoms with Gasteiger partial charge in [0.05, 0.1) is 19.1 Å². The SMILES string of the molecule is COc1cnn(C)c1C(=O)CSC. The van der Waals surface area contributed by atoms with Gasteiger partial charge in [-0.15, -0.1) is 0 Å². The molecular formula is C8H12N2O2S. The van der Waals surface area contributed by atoms with E-state index in [-0.39, 0.29) is 5.78 Å². The summed E-state index contributed by atoms with van der Waals surface area (Å²) in [5, 5.41) is 3.95. The van der Waals surface area contributed by atoms with Crippen molar-refractivity contribution in [2.24, 2.45) is 7.05 Å². The van der Waals surface area contributed by atoms with Crippen LogP contribution in [0.1, 0.15) is 10.5 Å². The van der Waals surface area contributed by atoms with E-state index in [1.165, 1.54) is 23.6 Å². The maximum absolute atomic E-state index is 11.5. The van der Waals surface area contributed by atoms with Crippen molar-refractivity contribution in [1.82, 2.24) is 9.78 Å². The minimum Gasteiger partial charge on any atom is -0.493 e. The van der Waals surface area contributed by atoms with Crippen LogP contribution in [0.15, 0.2) is 6.20 Å². The lowest BCUT2D eigenvalue weighted by atomic mass is 10.3. The summed E-state index contributed by atoms with van der Waals surface area (Å²) < 4.78 is 6.56. The predicted molar refractivity (Wildman–Crippen MR) is 52.5 cm³/mol. The van der Waals surface area contributed by atoms with E-state index < -0.39 is 0 Å². The Labute approximate surface area is 81.3 Å². The predicted octanol–water partition coefficient (Wildman–Crippen LogP) is 0.974. The monoisotopic (exact) mass is 200 g/mol. The van der Waals surface area contributed by atoms with Crippen LogP contribution >= 0.6 is 11.8 Å². The maximum Gasteiger partial charge on any atom is 0.194 e. The van der Waals surface area contributed by atoms with Crippen molar-refractivity contribution >= 4 is 17.5 Å². The van der Waals surface area contributed by atoms with Crippen molar-refractivity contribution in [1.29, 1.82) is 0 Å². The van der Waals surface area contributed by atoms with Gasteiger partial charge in [-0.2, -0.15) is 16.9 Å². The van der Waals surface area contributed by atoms with Crippen LogP contribution in [0.2, 0.25) is 0 Å². The molecule has 0 aliphatic heterocycles. The van der Waals surface area contributed by atoms with Gasteiger partial charge in [0.1, 0.15) is 5.69 Å². The van der Waals surface area contributed by atoms with Crippen LogP contribution in [0.5, 0.6) is 5.75 Å². The molecule has 0 saturated carbocycles. The van der Waals surface area contributed by atoms with Crippen LogP contribution in [0.3, 0.4) is 0 Å². The maximum atomic E-state index is 11.5. The Bertz CT molecular complexity index is 309. The van der Waals surface area contributed by atoms with Crippen LogP contribution in [-0.2, 0) is 7.05 Å². The third kappa shape index (κ3) is 2.03. The Balaban J connectivity index is 2.96. The second-order valence-corrected chi connectivity index (χ2v) is 3.41. The molecule has 0 atom stereocenters. The molecular weight excluding hydrogens is 188 g/mol. The van der Waals surface area contributed by atoms with Crippen molar-refractivity contribution in [2.45, 2.75) is 0 Å². The number of carbonyl (C=O) groups excluding carboxylic acids is 1. The molecule has 1 rings (SSSR count).